The molecule has 0 aromatic rings. The van der Waals surface area contributed by atoms with Crippen LogP contribution in [0.2, 0.25) is 0 Å². The summed E-state index contributed by atoms with van der Waals surface area (Å²) in [5, 5.41) is 0. The van der Waals surface area contributed by atoms with Gasteiger partial charge in [-0.25, -0.2) is 0 Å². The van der Waals surface area contributed by atoms with Gasteiger partial charge in [-0.1, -0.05) is 25.3 Å². The Morgan fingerprint density at radius 2 is 2.25 bits per heavy atom. The predicted molar refractivity (Wildman–Crippen MR) is 41.0 cm³/mol. The topological polar surface area (TPSA) is 12.0 Å². The highest BCUT2D eigenvalue weighted by Gasteiger charge is 1.94. The van der Waals surface area contributed by atoms with Crippen molar-refractivity contribution in [1.29, 1.82) is 0 Å². The third kappa shape index (κ3) is 4.47. The Balaban J connectivity index is 2.92. The number of hydrogen-bond donors (Lipinski definition) is 1. The molecule has 0 saturated heterocycles. The standard InChI is InChI=1S/C6H15NS/c1-4-5-6(2)7-8-3/h6-7H,4-5H2,1-3H3. The van der Waals surface area contributed by atoms with E-state index in [2.05, 4.69) is 24.8 Å². The van der Waals surface area contributed by atoms with Crippen LogP contribution in [0.3, 0.4) is 0 Å². The van der Waals surface area contributed by atoms with Crippen molar-refractivity contribution >= 4 is 11.9 Å². The second-order valence-corrected chi connectivity index (χ2v) is 2.66. The molecule has 0 fully saturated rings. The summed E-state index contributed by atoms with van der Waals surface area (Å²) in [6.07, 6.45) is 4.61. The van der Waals surface area contributed by atoms with Crippen molar-refractivity contribution in [2.75, 3.05) is 6.26 Å². The van der Waals surface area contributed by atoms with Crippen molar-refractivity contribution in [3.63, 3.8) is 0 Å². The molecule has 0 heterocycles. The van der Waals surface area contributed by atoms with Crippen LogP contribution in [0.1, 0.15) is 26.7 Å². The first kappa shape index (κ1) is 8.31. The summed E-state index contributed by atoms with van der Waals surface area (Å²) in [5.41, 5.74) is 0. The van der Waals surface area contributed by atoms with Crippen LogP contribution in [0.25, 0.3) is 0 Å². The van der Waals surface area contributed by atoms with E-state index in [1.165, 1.54) is 12.8 Å². The van der Waals surface area contributed by atoms with Gasteiger partial charge in [0.25, 0.3) is 0 Å². The fraction of sp³-hybridized carbons (Fsp3) is 1.00. The molecule has 1 N–H and O–H groups in total. The fourth-order valence-corrected chi connectivity index (χ4v) is 1.21. The van der Waals surface area contributed by atoms with Crippen molar-refractivity contribution in [2.45, 2.75) is 32.7 Å². The van der Waals surface area contributed by atoms with E-state index in [1.807, 2.05) is 0 Å². The Morgan fingerprint density at radius 1 is 1.62 bits per heavy atom. The fourth-order valence-electron chi connectivity index (χ4n) is 0.693. The Labute approximate surface area is 56.4 Å². The molecule has 0 saturated carbocycles. The molecule has 1 unspecified atom stereocenters. The highest BCUT2D eigenvalue weighted by atomic mass is 32.2. The van der Waals surface area contributed by atoms with E-state index < -0.39 is 0 Å². The van der Waals surface area contributed by atoms with E-state index in [9.17, 15) is 0 Å². The lowest BCUT2D eigenvalue weighted by molar-refractivity contribution is 0.618. The van der Waals surface area contributed by atoms with Crippen LogP contribution in [-0.4, -0.2) is 12.3 Å². The van der Waals surface area contributed by atoms with Gasteiger partial charge in [0.05, 0.1) is 0 Å². The van der Waals surface area contributed by atoms with Gasteiger partial charge in [0, 0.05) is 6.04 Å². The van der Waals surface area contributed by atoms with E-state index in [4.69, 9.17) is 0 Å². The molecule has 0 rings (SSSR count). The predicted octanol–water partition coefficient (Wildman–Crippen LogP) is 2.04. The van der Waals surface area contributed by atoms with E-state index in [0.717, 1.165) is 0 Å². The molecule has 0 aliphatic heterocycles. The molecule has 0 bridgehead atoms. The van der Waals surface area contributed by atoms with Gasteiger partial charge in [0.1, 0.15) is 0 Å². The smallest absolute Gasteiger partial charge is 0.0143 e. The maximum Gasteiger partial charge on any atom is 0.0143 e. The molecule has 0 aliphatic carbocycles. The quantitative estimate of drug-likeness (QED) is 0.589. The molecule has 0 aromatic carbocycles. The zero-order valence-electron chi connectivity index (χ0n) is 5.90. The molecule has 0 spiro atoms. The molecular formula is C6H15NS. The third-order valence-corrected chi connectivity index (χ3v) is 1.68. The number of rotatable bonds is 4. The zero-order chi connectivity index (χ0) is 6.41. The minimum atomic E-state index is 0.676. The Morgan fingerprint density at radius 3 is 2.62 bits per heavy atom. The van der Waals surface area contributed by atoms with E-state index in [0.29, 0.717) is 6.04 Å². The van der Waals surface area contributed by atoms with Gasteiger partial charge in [-0.2, -0.15) is 0 Å². The normalized spacial score (nSPS) is 13.9. The van der Waals surface area contributed by atoms with Gasteiger partial charge < -0.3 is 0 Å². The third-order valence-electron chi connectivity index (χ3n) is 1.04. The van der Waals surface area contributed by atoms with E-state index in [1.54, 1.807) is 11.9 Å². The van der Waals surface area contributed by atoms with E-state index in [-0.39, 0.29) is 0 Å². The second-order valence-electron chi connectivity index (χ2n) is 2.01. The molecular weight excluding hydrogens is 118 g/mol. The summed E-state index contributed by atoms with van der Waals surface area (Å²) in [7, 11) is 0. The van der Waals surface area contributed by atoms with Gasteiger partial charge in [0.15, 0.2) is 0 Å². The lowest BCUT2D eigenvalue weighted by Gasteiger charge is -2.07. The average Bonchev–Trinajstić information content (AvgIpc) is 1.68. The van der Waals surface area contributed by atoms with Gasteiger partial charge in [0.2, 0.25) is 0 Å². The monoisotopic (exact) mass is 133 g/mol. The van der Waals surface area contributed by atoms with Crippen LogP contribution >= 0.6 is 11.9 Å². The van der Waals surface area contributed by atoms with Crippen molar-refractivity contribution in [3.05, 3.63) is 0 Å². The molecule has 0 amide bonds. The summed E-state index contributed by atoms with van der Waals surface area (Å²) in [6.45, 7) is 4.42. The SMILES string of the molecule is CCCC(C)NSC. The molecule has 1 atom stereocenters. The maximum absolute atomic E-state index is 3.26. The summed E-state index contributed by atoms with van der Waals surface area (Å²) in [5.74, 6) is 0. The molecule has 1 nitrogen and oxygen atoms in total. The summed E-state index contributed by atoms with van der Waals surface area (Å²) in [4.78, 5) is 0. The van der Waals surface area contributed by atoms with E-state index >= 15 is 0 Å². The van der Waals surface area contributed by atoms with Crippen LogP contribution in [0, 0.1) is 0 Å². The highest BCUT2D eigenvalue weighted by molar-refractivity contribution is 7.96. The van der Waals surface area contributed by atoms with Crippen molar-refractivity contribution in [2.24, 2.45) is 0 Å². The highest BCUT2D eigenvalue weighted by Crippen LogP contribution is 1.97. The Hall–Kier alpha value is 0.310. The first-order valence-corrected chi connectivity index (χ1v) is 4.32. The maximum atomic E-state index is 3.26. The largest absolute Gasteiger partial charge is 0.262 e. The van der Waals surface area contributed by atoms with Crippen LogP contribution in [0.5, 0.6) is 0 Å². The molecule has 2 heteroatoms. The van der Waals surface area contributed by atoms with Gasteiger partial charge >= 0.3 is 0 Å². The van der Waals surface area contributed by atoms with Crippen molar-refractivity contribution < 1.29 is 0 Å². The molecule has 8 heavy (non-hydrogen) atoms. The van der Waals surface area contributed by atoms with Crippen molar-refractivity contribution in [3.8, 4) is 0 Å². The Bertz CT molecular complexity index is 41.8. The van der Waals surface area contributed by atoms with Crippen LogP contribution in [-0.2, 0) is 0 Å². The summed E-state index contributed by atoms with van der Waals surface area (Å²) in [6, 6.07) is 0.676. The van der Waals surface area contributed by atoms with Crippen molar-refractivity contribution in [1.82, 2.24) is 4.72 Å². The minimum Gasteiger partial charge on any atom is -0.262 e. The van der Waals surface area contributed by atoms with Crippen LogP contribution in [0.15, 0.2) is 0 Å². The lowest BCUT2D eigenvalue weighted by Crippen LogP contribution is -2.17. The summed E-state index contributed by atoms with van der Waals surface area (Å²) >= 11 is 1.70. The van der Waals surface area contributed by atoms with Crippen LogP contribution < -0.4 is 4.72 Å². The van der Waals surface area contributed by atoms with Gasteiger partial charge in [-0.15, -0.1) is 0 Å². The molecule has 50 valence electrons. The number of nitrogens with one attached hydrogen (secondary N) is 1. The number of hydrogen-bond acceptors (Lipinski definition) is 2. The first-order chi connectivity index (χ1) is 3.81. The van der Waals surface area contributed by atoms with Crippen LogP contribution in [0.4, 0.5) is 0 Å². The zero-order valence-corrected chi connectivity index (χ0v) is 6.72. The molecule has 0 radical (unpaired) electrons. The minimum absolute atomic E-state index is 0.676. The average molecular weight is 133 g/mol. The Kier molecular flexibility index (Phi) is 5.66. The second kappa shape index (κ2) is 5.45. The van der Waals surface area contributed by atoms with Gasteiger partial charge in [-0.05, 0) is 19.6 Å². The lowest BCUT2D eigenvalue weighted by atomic mass is 10.2. The van der Waals surface area contributed by atoms with Gasteiger partial charge in [-0.3, -0.25) is 4.72 Å². The molecule has 0 aliphatic rings. The first-order valence-electron chi connectivity index (χ1n) is 3.09. The molecule has 0 aromatic heterocycles. The summed E-state index contributed by atoms with van der Waals surface area (Å²) < 4.78 is 3.26.